The van der Waals surface area contributed by atoms with Gasteiger partial charge in [0.25, 0.3) is 0 Å². The Kier molecular flexibility index (Phi) is 5.36. The lowest BCUT2D eigenvalue weighted by Crippen LogP contribution is -2.50. The van der Waals surface area contributed by atoms with E-state index in [2.05, 4.69) is 38.0 Å². The number of hydrogen-bond acceptors (Lipinski definition) is 6. The van der Waals surface area contributed by atoms with Gasteiger partial charge in [0.15, 0.2) is 0 Å². The van der Waals surface area contributed by atoms with Crippen LogP contribution in [-0.4, -0.2) is 47.0 Å². The molecule has 1 amide bonds. The number of primary amides is 1. The van der Waals surface area contributed by atoms with Crippen molar-refractivity contribution in [3.8, 4) is 10.4 Å². The smallest absolute Gasteiger partial charge is 0.239 e. The van der Waals surface area contributed by atoms with E-state index in [1.807, 2.05) is 48.5 Å². The van der Waals surface area contributed by atoms with E-state index in [1.165, 1.54) is 10.4 Å². The van der Waals surface area contributed by atoms with Gasteiger partial charge in [-0.2, -0.15) is 0 Å². The van der Waals surface area contributed by atoms with E-state index < -0.39 is 6.04 Å². The highest BCUT2D eigenvalue weighted by Gasteiger charge is 2.30. The minimum Gasteiger partial charge on any atom is -0.368 e. The number of carbonyl (C=O) groups is 1. The number of carbonyl (C=O) groups excluding carboxylic acids is 1. The van der Waals surface area contributed by atoms with Crippen LogP contribution >= 0.6 is 11.3 Å². The summed E-state index contributed by atoms with van der Waals surface area (Å²) in [5.41, 5.74) is 7.90. The monoisotopic (exact) mass is 429 g/mol. The third-order valence-corrected chi connectivity index (χ3v) is 6.82. The Hall–Kier alpha value is -3.29. The topological polar surface area (TPSA) is 75.4 Å². The van der Waals surface area contributed by atoms with E-state index in [1.54, 1.807) is 17.7 Å². The maximum Gasteiger partial charge on any atom is 0.239 e. The number of benzene rings is 2. The number of thiophene rings is 1. The van der Waals surface area contributed by atoms with Crippen LogP contribution in [0.5, 0.6) is 0 Å². The zero-order valence-electron chi connectivity index (χ0n) is 17.0. The molecule has 0 spiro atoms. The molecule has 1 fully saturated rings. The molecule has 1 saturated heterocycles. The largest absolute Gasteiger partial charge is 0.368 e. The average Bonchev–Trinajstić information content (AvgIpc) is 3.25. The maximum atomic E-state index is 12.2. The Morgan fingerprint density at radius 3 is 2.29 bits per heavy atom. The fourth-order valence-corrected chi connectivity index (χ4v) is 5.22. The lowest BCUT2D eigenvalue weighted by Gasteiger charge is -2.38. The molecule has 0 saturated carbocycles. The summed E-state index contributed by atoms with van der Waals surface area (Å²) in [6.07, 6.45) is 1.64. The summed E-state index contributed by atoms with van der Waals surface area (Å²) >= 11 is 1.69. The Morgan fingerprint density at radius 1 is 0.935 bits per heavy atom. The zero-order valence-corrected chi connectivity index (χ0v) is 17.8. The van der Waals surface area contributed by atoms with Crippen LogP contribution in [0, 0.1) is 0 Å². The lowest BCUT2D eigenvalue weighted by atomic mass is 10.0. The molecule has 1 atom stereocenters. The van der Waals surface area contributed by atoms with Crippen LogP contribution in [0.1, 0.15) is 11.6 Å². The van der Waals surface area contributed by atoms with Crippen molar-refractivity contribution < 1.29 is 4.79 Å². The molecule has 2 N–H and O–H groups in total. The number of rotatable bonds is 5. The van der Waals surface area contributed by atoms with Gasteiger partial charge in [0.05, 0.1) is 5.39 Å². The summed E-state index contributed by atoms with van der Waals surface area (Å²) in [5, 5.41) is 1.08. The van der Waals surface area contributed by atoms with E-state index in [0.29, 0.717) is 0 Å². The van der Waals surface area contributed by atoms with Crippen molar-refractivity contribution in [3.05, 3.63) is 78.6 Å². The molecule has 4 aromatic rings. The maximum absolute atomic E-state index is 12.2. The van der Waals surface area contributed by atoms with E-state index in [0.717, 1.165) is 47.8 Å². The Bertz CT molecular complexity index is 1190. The fourth-order valence-electron chi connectivity index (χ4n) is 4.22. The molecule has 0 bridgehead atoms. The number of nitrogens with two attached hydrogens (primary N) is 1. The summed E-state index contributed by atoms with van der Waals surface area (Å²) in [6, 6.07) is 21.9. The molecule has 0 radical (unpaired) electrons. The Labute approximate surface area is 185 Å². The Morgan fingerprint density at radius 2 is 1.61 bits per heavy atom. The molecule has 6 nitrogen and oxygen atoms in total. The van der Waals surface area contributed by atoms with Crippen LogP contribution in [-0.2, 0) is 4.79 Å². The van der Waals surface area contributed by atoms with E-state index in [4.69, 9.17) is 5.73 Å². The quantitative estimate of drug-likeness (QED) is 0.523. The molecule has 1 aliphatic heterocycles. The fraction of sp³-hybridized carbons (Fsp3) is 0.208. The number of aromatic nitrogens is 2. The van der Waals surface area contributed by atoms with Gasteiger partial charge in [-0.05, 0) is 17.2 Å². The van der Waals surface area contributed by atoms with E-state index in [9.17, 15) is 4.79 Å². The Balaban J connectivity index is 1.38. The SMILES string of the molecule is NC(=O)C(c1ccccc1)N1CCN(c2ncnc3sc(-c4ccccc4)cc23)CC1. The third kappa shape index (κ3) is 3.89. The highest BCUT2D eigenvalue weighted by atomic mass is 32.1. The van der Waals surface area contributed by atoms with Gasteiger partial charge in [0, 0.05) is 31.1 Å². The first-order valence-electron chi connectivity index (χ1n) is 10.3. The molecule has 1 unspecified atom stereocenters. The van der Waals surface area contributed by atoms with Gasteiger partial charge < -0.3 is 10.6 Å². The molecule has 156 valence electrons. The number of anilines is 1. The molecule has 3 heterocycles. The highest BCUT2D eigenvalue weighted by Crippen LogP contribution is 2.36. The first kappa shape index (κ1) is 19.7. The van der Waals surface area contributed by atoms with Crippen LogP contribution < -0.4 is 10.6 Å². The highest BCUT2D eigenvalue weighted by molar-refractivity contribution is 7.21. The molecule has 0 aliphatic carbocycles. The second-order valence-electron chi connectivity index (χ2n) is 7.63. The summed E-state index contributed by atoms with van der Waals surface area (Å²) in [6.45, 7) is 3.03. The third-order valence-electron chi connectivity index (χ3n) is 5.73. The van der Waals surface area contributed by atoms with Gasteiger partial charge in [0.1, 0.15) is 23.0 Å². The molecule has 2 aromatic carbocycles. The standard InChI is InChI=1S/C24H23N5OS/c25-22(30)21(18-9-5-2-6-10-18)28-11-13-29(14-12-28)23-19-15-20(17-7-3-1-4-8-17)31-24(19)27-16-26-23/h1-10,15-16,21H,11-14H2,(H2,25,30). The van der Waals surface area contributed by atoms with E-state index in [-0.39, 0.29) is 5.91 Å². The van der Waals surface area contributed by atoms with E-state index >= 15 is 0 Å². The minimum absolute atomic E-state index is 0.311. The molecule has 1 aliphatic rings. The number of amides is 1. The van der Waals surface area contributed by atoms with Gasteiger partial charge in [0.2, 0.25) is 5.91 Å². The van der Waals surface area contributed by atoms with Gasteiger partial charge in [-0.3, -0.25) is 9.69 Å². The van der Waals surface area contributed by atoms with Crippen LogP contribution in [0.2, 0.25) is 0 Å². The predicted molar refractivity (Wildman–Crippen MR) is 125 cm³/mol. The summed E-state index contributed by atoms with van der Waals surface area (Å²) in [5.74, 6) is 0.646. The number of hydrogen-bond donors (Lipinski definition) is 1. The second kappa shape index (κ2) is 8.45. The first-order chi connectivity index (χ1) is 15.2. The van der Waals surface area contributed by atoms with Crippen LogP contribution in [0.15, 0.2) is 73.1 Å². The van der Waals surface area contributed by atoms with Crippen molar-refractivity contribution in [2.24, 2.45) is 5.73 Å². The van der Waals surface area contributed by atoms with Gasteiger partial charge in [-0.1, -0.05) is 60.7 Å². The predicted octanol–water partition coefficient (Wildman–Crippen LogP) is 3.71. The van der Waals surface area contributed by atoms with Gasteiger partial charge >= 0.3 is 0 Å². The molecule has 5 rings (SSSR count). The second-order valence-corrected chi connectivity index (χ2v) is 8.66. The zero-order chi connectivity index (χ0) is 21.2. The van der Waals surface area contributed by atoms with Crippen LogP contribution in [0.25, 0.3) is 20.7 Å². The molecular formula is C24H23N5OS. The summed E-state index contributed by atoms with van der Waals surface area (Å²) < 4.78 is 0. The van der Waals surface area contributed by atoms with Crippen molar-refractivity contribution >= 4 is 33.3 Å². The number of fused-ring (bicyclic) bond motifs is 1. The first-order valence-corrected chi connectivity index (χ1v) is 11.2. The molecule has 2 aromatic heterocycles. The lowest BCUT2D eigenvalue weighted by molar-refractivity contribution is -0.123. The van der Waals surface area contributed by atoms with Crippen molar-refractivity contribution in [3.63, 3.8) is 0 Å². The van der Waals surface area contributed by atoms with Crippen LogP contribution in [0.3, 0.4) is 0 Å². The van der Waals surface area contributed by atoms with Crippen molar-refractivity contribution in [2.45, 2.75) is 6.04 Å². The van der Waals surface area contributed by atoms with Crippen LogP contribution in [0.4, 0.5) is 5.82 Å². The minimum atomic E-state index is -0.403. The summed E-state index contributed by atoms with van der Waals surface area (Å²) in [4.78, 5) is 27.9. The van der Waals surface area contributed by atoms with Crippen molar-refractivity contribution in [1.29, 1.82) is 0 Å². The summed E-state index contributed by atoms with van der Waals surface area (Å²) in [7, 11) is 0. The van der Waals surface area contributed by atoms with Gasteiger partial charge in [-0.25, -0.2) is 9.97 Å². The average molecular weight is 430 g/mol. The van der Waals surface area contributed by atoms with Gasteiger partial charge in [-0.15, -0.1) is 11.3 Å². The molecule has 7 heteroatoms. The number of piperazine rings is 1. The number of nitrogens with zero attached hydrogens (tertiary/aromatic N) is 4. The molecular weight excluding hydrogens is 406 g/mol. The van der Waals surface area contributed by atoms with Crippen molar-refractivity contribution in [1.82, 2.24) is 14.9 Å². The molecule has 31 heavy (non-hydrogen) atoms. The van der Waals surface area contributed by atoms with Crippen molar-refractivity contribution in [2.75, 3.05) is 31.1 Å². The normalized spacial score (nSPS) is 15.8.